The number of carbonyl (C=O) groups excluding carboxylic acids is 1. The van der Waals surface area contributed by atoms with Crippen LogP contribution < -0.4 is 10.6 Å². The number of aliphatic carboxylic acids is 1. The van der Waals surface area contributed by atoms with Gasteiger partial charge in [-0.1, -0.05) is 13.8 Å². The first kappa shape index (κ1) is 18.2. The number of nitrogens with zero attached hydrogens (tertiary/aromatic N) is 1. The molecule has 1 amide bonds. The third-order valence-electron chi connectivity index (χ3n) is 2.90. The number of hydrogen-bond acceptors (Lipinski definition) is 4. The second kappa shape index (κ2) is 8.54. The Labute approximate surface area is 133 Å². The summed E-state index contributed by atoms with van der Waals surface area (Å²) in [7, 11) is 0. The number of amides is 1. The number of halogens is 1. The van der Waals surface area contributed by atoms with Gasteiger partial charge in [-0.2, -0.15) is 5.26 Å². The highest BCUT2D eigenvalue weighted by Crippen LogP contribution is 2.10. The van der Waals surface area contributed by atoms with Crippen molar-refractivity contribution in [3.05, 3.63) is 41.9 Å². The number of carboxylic acid groups (broad SMARTS) is 1. The zero-order chi connectivity index (χ0) is 17.4. The molecule has 1 unspecified atom stereocenters. The van der Waals surface area contributed by atoms with Gasteiger partial charge >= 0.3 is 5.97 Å². The second-order valence-corrected chi connectivity index (χ2v) is 5.31. The standard InChI is InChI=1S/C16H18FN3O3/c1-10(2)7-14(16(22)23)20-15(21)11(8-18)9-19-13-5-3-12(17)4-6-13/h3-6,9-10,14,19H,7H2,1-2H3,(H,20,21)(H,22,23)/b11-9-. The summed E-state index contributed by atoms with van der Waals surface area (Å²) >= 11 is 0. The second-order valence-electron chi connectivity index (χ2n) is 5.31. The van der Waals surface area contributed by atoms with Crippen LogP contribution >= 0.6 is 0 Å². The summed E-state index contributed by atoms with van der Waals surface area (Å²) in [6.07, 6.45) is 1.40. The van der Waals surface area contributed by atoms with E-state index in [1.165, 1.54) is 24.3 Å². The lowest BCUT2D eigenvalue weighted by molar-refractivity contribution is -0.141. The minimum absolute atomic E-state index is 0.0725. The normalized spacial score (nSPS) is 12.4. The fourth-order valence-corrected chi connectivity index (χ4v) is 1.78. The van der Waals surface area contributed by atoms with Gasteiger partial charge in [-0.05, 0) is 36.6 Å². The van der Waals surface area contributed by atoms with Crippen molar-refractivity contribution in [1.29, 1.82) is 5.26 Å². The third-order valence-corrected chi connectivity index (χ3v) is 2.90. The average Bonchev–Trinajstić information content (AvgIpc) is 2.48. The summed E-state index contributed by atoms with van der Waals surface area (Å²) in [5.74, 6) is -2.27. The van der Waals surface area contributed by atoms with Crippen LogP contribution in [0.25, 0.3) is 0 Å². The Bertz CT molecular complexity index is 633. The average molecular weight is 319 g/mol. The Kier molecular flexibility index (Phi) is 6.74. The molecule has 1 aromatic rings. The quantitative estimate of drug-likeness (QED) is 0.528. The van der Waals surface area contributed by atoms with Crippen molar-refractivity contribution in [1.82, 2.24) is 5.32 Å². The number of carboxylic acids is 1. The van der Waals surface area contributed by atoms with Crippen LogP contribution in [0.4, 0.5) is 10.1 Å². The molecule has 0 spiro atoms. The molecule has 0 aliphatic rings. The van der Waals surface area contributed by atoms with Gasteiger partial charge < -0.3 is 15.7 Å². The highest BCUT2D eigenvalue weighted by Gasteiger charge is 2.22. The topological polar surface area (TPSA) is 102 Å². The summed E-state index contributed by atoms with van der Waals surface area (Å²) < 4.78 is 12.8. The van der Waals surface area contributed by atoms with Crippen LogP contribution in [0.3, 0.4) is 0 Å². The van der Waals surface area contributed by atoms with E-state index in [1.807, 2.05) is 13.8 Å². The SMILES string of the molecule is CC(C)CC(NC(=O)/C(C#N)=C\Nc1ccc(F)cc1)C(=O)O. The van der Waals surface area contributed by atoms with E-state index >= 15 is 0 Å². The van der Waals surface area contributed by atoms with Gasteiger partial charge in [0.05, 0.1) is 0 Å². The molecule has 0 bridgehead atoms. The van der Waals surface area contributed by atoms with E-state index in [0.717, 1.165) is 6.20 Å². The molecule has 1 aromatic carbocycles. The van der Waals surface area contributed by atoms with Gasteiger partial charge in [-0.25, -0.2) is 9.18 Å². The summed E-state index contributed by atoms with van der Waals surface area (Å²) in [5.41, 5.74) is 0.216. The molecule has 0 heterocycles. The van der Waals surface area contributed by atoms with Crippen LogP contribution in [-0.4, -0.2) is 23.0 Å². The number of nitrogens with one attached hydrogen (secondary N) is 2. The zero-order valence-electron chi connectivity index (χ0n) is 12.8. The van der Waals surface area contributed by atoms with Gasteiger partial charge in [-0.15, -0.1) is 0 Å². The van der Waals surface area contributed by atoms with Gasteiger partial charge in [0.25, 0.3) is 5.91 Å². The molecule has 0 aliphatic carbocycles. The highest BCUT2D eigenvalue weighted by atomic mass is 19.1. The monoisotopic (exact) mass is 319 g/mol. The van der Waals surface area contributed by atoms with Crippen LogP contribution in [-0.2, 0) is 9.59 Å². The Morgan fingerprint density at radius 3 is 2.43 bits per heavy atom. The first-order valence-corrected chi connectivity index (χ1v) is 6.99. The lowest BCUT2D eigenvalue weighted by Gasteiger charge is -2.16. The predicted octanol–water partition coefficient (Wildman–Crippen LogP) is 2.26. The summed E-state index contributed by atoms with van der Waals surface area (Å²) in [6, 6.07) is 5.98. The first-order valence-electron chi connectivity index (χ1n) is 6.99. The number of anilines is 1. The molecule has 7 heteroatoms. The smallest absolute Gasteiger partial charge is 0.326 e. The molecule has 0 aliphatic heterocycles. The van der Waals surface area contributed by atoms with E-state index in [-0.39, 0.29) is 17.9 Å². The first-order chi connectivity index (χ1) is 10.8. The van der Waals surface area contributed by atoms with Gasteiger partial charge in [0.2, 0.25) is 0 Å². The Balaban J connectivity index is 2.77. The molecular weight excluding hydrogens is 301 g/mol. The molecule has 0 saturated heterocycles. The molecule has 3 N–H and O–H groups in total. The van der Waals surface area contributed by atoms with Crippen molar-refractivity contribution in [2.45, 2.75) is 26.3 Å². The van der Waals surface area contributed by atoms with Crippen LogP contribution in [0.15, 0.2) is 36.0 Å². The number of carbonyl (C=O) groups is 2. The maximum atomic E-state index is 12.8. The highest BCUT2D eigenvalue weighted by molar-refractivity contribution is 5.99. The molecular formula is C16H18FN3O3. The Morgan fingerprint density at radius 2 is 1.96 bits per heavy atom. The maximum absolute atomic E-state index is 12.8. The van der Waals surface area contributed by atoms with Gasteiger partial charge in [-0.3, -0.25) is 4.79 Å². The largest absolute Gasteiger partial charge is 0.480 e. The van der Waals surface area contributed by atoms with E-state index in [1.54, 1.807) is 6.07 Å². The molecule has 23 heavy (non-hydrogen) atoms. The molecule has 0 fully saturated rings. The molecule has 0 aromatic heterocycles. The van der Waals surface area contributed by atoms with E-state index in [0.29, 0.717) is 5.69 Å². The van der Waals surface area contributed by atoms with Crippen LogP contribution in [0.1, 0.15) is 20.3 Å². The zero-order valence-corrected chi connectivity index (χ0v) is 12.8. The number of nitriles is 1. The Morgan fingerprint density at radius 1 is 1.35 bits per heavy atom. The van der Waals surface area contributed by atoms with Gasteiger partial charge in [0, 0.05) is 11.9 Å². The molecule has 1 rings (SSSR count). The van der Waals surface area contributed by atoms with Crippen molar-refractivity contribution < 1.29 is 19.1 Å². The van der Waals surface area contributed by atoms with Crippen LogP contribution in [0.5, 0.6) is 0 Å². The number of benzene rings is 1. The summed E-state index contributed by atoms with van der Waals surface area (Å²) in [6.45, 7) is 3.67. The minimum Gasteiger partial charge on any atom is -0.480 e. The summed E-state index contributed by atoms with van der Waals surface area (Å²) in [4.78, 5) is 23.1. The van der Waals surface area contributed by atoms with Crippen molar-refractivity contribution >= 4 is 17.6 Å². The number of hydrogen-bond donors (Lipinski definition) is 3. The molecule has 6 nitrogen and oxygen atoms in total. The lowest BCUT2D eigenvalue weighted by atomic mass is 10.0. The van der Waals surface area contributed by atoms with Gasteiger partial charge in [0.1, 0.15) is 23.5 Å². The molecule has 0 saturated carbocycles. The number of rotatable bonds is 7. The third kappa shape index (κ3) is 6.18. The van der Waals surface area contributed by atoms with E-state index in [9.17, 15) is 14.0 Å². The Hall–Kier alpha value is -2.88. The predicted molar refractivity (Wildman–Crippen MR) is 82.7 cm³/mol. The van der Waals surface area contributed by atoms with Crippen molar-refractivity contribution in [2.75, 3.05) is 5.32 Å². The summed E-state index contributed by atoms with van der Waals surface area (Å²) in [5, 5.41) is 23.1. The van der Waals surface area contributed by atoms with Crippen LogP contribution in [0, 0.1) is 23.1 Å². The van der Waals surface area contributed by atoms with Crippen molar-refractivity contribution in [3.8, 4) is 6.07 Å². The minimum atomic E-state index is -1.16. The van der Waals surface area contributed by atoms with Crippen LogP contribution in [0.2, 0.25) is 0 Å². The maximum Gasteiger partial charge on any atom is 0.326 e. The molecule has 122 valence electrons. The lowest BCUT2D eigenvalue weighted by Crippen LogP contribution is -2.42. The van der Waals surface area contributed by atoms with E-state index in [4.69, 9.17) is 10.4 Å². The molecule has 0 radical (unpaired) electrons. The van der Waals surface area contributed by atoms with E-state index in [2.05, 4.69) is 10.6 Å². The van der Waals surface area contributed by atoms with Crippen molar-refractivity contribution in [3.63, 3.8) is 0 Å². The fraction of sp³-hybridized carbons (Fsp3) is 0.312. The molecule has 1 atom stereocenters. The fourth-order valence-electron chi connectivity index (χ4n) is 1.78. The van der Waals surface area contributed by atoms with Gasteiger partial charge in [0.15, 0.2) is 0 Å². The van der Waals surface area contributed by atoms with E-state index < -0.39 is 23.7 Å². The van der Waals surface area contributed by atoms with Crippen molar-refractivity contribution in [2.24, 2.45) is 5.92 Å².